The molecule has 2 nitrogen and oxygen atoms in total. The quantitative estimate of drug-likeness (QED) is 0.626. The molecule has 3 fully saturated rings. The standard InChI is InChI=1S/C9H18N2/c1-10-5-3-9-6-8(7-9)2-4-11-9/h8,10-11H,2-7H2,1H3. The number of rotatable bonds is 3. The fourth-order valence-electron chi connectivity index (χ4n) is 2.59. The Kier molecular flexibility index (Phi) is 1.90. The van der Waals surface area contributed by atoms with Crippen LogP contribution in [-0.4, -0.2) is 25.7 Å². The Balaban J connectivity index is 1.82. The number of hydrogen-bond acceptors (Lipinski definition) is 2. The van der Waals surface area contributed by atoms with Crippen molar-refractivity contribution >= 4 is 0 Å². The minimum Gasteiger partial charge on any atom is -0.320 e. The molecule has 0 amide bonds. The van der Waals surface area contributed by atoms with Crippen molar-refractivity contribution in [1.82, 2.24) is 10.6 Å². The second kappa shape index (κ2) is 2.76. The van der Waals surface area contributed by atoms with Gasteiger partial charge < -0.3 is 10.6 Å². The zero-order valence-electron chi connectivity index (χ0n) is 7.32. The first-order valence-electron chi connectivity index (χ1n) is 4.74. The second-order valence-corrected chi connectivity index (χ2v) is 4.12. The van der Waals surface area contributed by atoms with E-state index in [2.05, 4.69) is 10.6 Å². The molecule has 0 aromatic rings. The summed E-state index contributed by atoms with van der Waals surface area (Å²) in [6.45, 7) is 2.42. The molecule has 2 saturated heterocycles. The van der Waals surface area contributed by atoms with E-state index in [-0.39, 0.29) is 0 Å². The molecule has 2 bridgehead atoms. The largest absolute Gasteiger partial charge is 0.320 e. The van der Waals surface area contributed by atoms with Gasteiger partial charge in [-0.25, -0.2) is 0 Å². The number of fused-ring (bicyclic) bond motifs is 2. The van der Waals surface area contributed by atoms with Gasteiger partial charge in [-0.1, -0.05) is 0 Å². The van der Waals surface area contributed by atoms with Gasteiger partial charge in [-0.3, -0.25) is 0 Å². The average Bonchev–Trinajstić information content (AvgIpc) is 2.01. The maximum Gasteiger partial charge on any atom is 0.0198 e. The molecule has 2 aliphatic heterocycles. The third-order valence-corrected chi connectivity index (χ3v) is 3.26. The molecule has 0 spiro atoms. The number of hydrogen-bond donors (Lipinski definition) is 2. The Morgan fingerprint density at radius 1 is 1.55 bits per heavy atom. The van der Waals surface area contributed by atoms with Crippen LogP contribution in [0, 0.1) is 5.92 Å². The summed E-state index contributed by atoms with van der Waals surface area (Å²) in [5, 5.41) is 6.88. The Hall–Kier alpha value is -0.0800. The van der Waals surface area contributed by atoms with E-state index >= 15 is 0 Å². The van der Waals surface area contributed by atoms with E-state index in [4.69, 9.17) is 0 Å². The van der Waals surface area contributed by atoms with Crippen molar-refractivity contribution in [1.29, 1.82) is 0 Å². The number of nitrogens with one attached hydrogen (secondary N) is 2. The molecule has 2 heteroatoms. The fourth-order valence-corrected chi connectivity index (χ4v) is 2.59. The SMILES string of the molecule is CNCCC12CC(CCN1)C2. The molecule has 0 radical (unpaired) electrons. The van der Waals surface area contributed by atoms with Crippen molar-refractivity contribution in [3.8, 4) is 0 Å². The Labute approximate surface area is 68.7 Å². The van der Waals surface area contributed by atoms with Crippen molar-refractivity contribution in [3.63, 3.8) is 0 Å². The monoisotopic (exact) mass is 154 g/mol. The van der Waals surface area contributed by atoms with Crippen molar-refractivity contribution < 1.29 is 0 Å². The van der Waals surface area contributed by atoms with Crippen LogP contribution < -0.4 is 10.6 Å². The summed E-state index contributed by atoms with van der Waals surface area (Å²) in [4.78, 5) is 0. The van der Waals surface area contributed by atoms with Gasteiger partial charge in [0.15, 0.2) is 0 Å². The highest BCUT2D eigenvalue weighted by atomic mass is 15.0. The van der Waals surface area contributed by atoms with Gasteiger partial charge in [-0.15, -0.1) is 0 Å². The summed E-state index contributed by atoms with van der Waals surface area (Å²) < 4.78 is 0. The van der Waals surface area contributed by atoms with E-state index in [1.165, 1.54) is 38.8 Å². The highest BCUT2D eigenvalue weighted by Crippen LogP contribution is 2.44. The predicted octanol–water partition coefficient (Wildman–Crippen LogP) is 0.738. The molecule has 1 aliphatic carbocycles. The van der Waals surface area contributed by atoms with Crippen molar-refractivity contribution in [2.75, 3.05) is 20.1 Å². The smallest absolute Gasteiger partial charge is 0.0198 e. The molecule has 0 unspecified atom stereocenters. The highest BCUT2D eigenvalue weighted by Gasteiger charge is 2.45. The summed E-state index contributed by atoms with van der Waals surface area (Å²) >= 11 is 0. The minimum absolute atomic E-state index is 0.561. The van der Waals surface area contributed by atoms with Crippen molar-refractivity contribution in [2.24, 2.45) is 5.92 Å². The lowest BCUT2D eigenvalue weighted by atomic mass is 9.62. The topological polar surface area (TPSA) is 24.1 Å². The molecular formula is C9H18N2. The van der Waals surface area contributed by atoms with Crippen LogP contribution in [0.2, 0.25) is 0 Å². The summed E-state index contributed by atoms with van der Waals surface area (Å²) in [6.07, 6.45) is 5.62. The maximum absolute atomic E-state index is 3.66. The van der Waals surface area contributed by atoms with Gasteiger partial charge in [0, 0.05) is 5.54 Å². The van der Waals surface area contributed by atoms with Crippen LogP contribution in [0.5, 0.6) is 0 Å². The van der Waals surface area contributed by atoms with Gasteiger partial charge in [0.2, 0.25) is 0 Å². The first-order chi connectivity index (χ1) is 5.35. The van der Waals surface area contributed by atoms with E-state index in [0.717, 1.165) is 5.92 Å². The van der Waals surface area contributed by atoms with Crippen LogP contribution >= 0.6 is 0 Å². The van der Waals surface area contributed by atoms with Crippen LogP contribution in [0.4, 0.5) is 0 Å². The summed E-state index contributed by atoms with van der Waals surface area (Å²) in [6, 6.07) is 0. The summed E-state index contributed by atoms with van der Waals surface area (Å²) in [5.74, 6) is 1.06. The van der Waals surface area contributed by atoms with Gasteiger partial charge in [0.1, 0.15) is 0 Å². The Morgan fingerprint density at radius 3 is 2.91 bits per heavy atom. The Bertz CT molecular complexity index is 133. The normalized spacial score (nSPS) is 41.7. The van der Waals surface area contributed by atoms with Crippen LogP contribution in [0.1, 0.15) is 25.7 Å². The lowest BCUT2D eigenvalue weighted by Crippen LogP contribution is -2.61. The van der Waals surface area contributed by atoms with Crippen LogP contribution in [-0.2, 0) is 0 Å². The van der Waals surface area contributed by atoms with E-state index in [0.29, 0.717) is 5.54 Å². The van der Waals surface area contributed by atoms with Gasteiger partial charge in [-0.05, 0) is 51.7 Å². The molecule has 3 aliphatic rings. The van der Waals surface area contributed by atoms with Crippen molar-refractivity contribution in [2.45, 2.75) is 31.2 Å². The summed E-state index contributed by atoms with van der Waals surface area (Å²) in [7, 11) is 2.04. The number of piperidine rings is 2. The minimum atomic E-state index is 0.561. The first kappa shape index (κ1) is 7.56. The molecule has 0 aromatic heterocycles. The molecular weight excluding hydrogens is 136 g/mol. The van der Waals surface area contributed by atoms with Crippen LogP contribution in [0.25, 0.3) is 0 Å². The van der Waals surface area contributed by atoms with E-state index in [1.807, 2.05) is 7.05 Å². The molecule has 1 saturated carbocycles. The van der Waals surface area contributed by atoms with Crippen LogP contribution in [0.3, 0.4) is 0 Å². The molecule has 0 atom stereocenters. The fraction of sp³-hybridized carbons (Fsp3) is 1.00. The maximum atomic E-state index is 3.66. The van der Waals surface area contributed by atoms with Crippen LogP contribution in [0.15, 0.2) is 0 Å². The lowest BCUT2D eigenvalue weighted by molar-refractivity contribution is 0.0459. The van der Waals surface area contributed by atoms with E-state index in [9.17, 15) is 0 Å². The molecule has 2 heterocycles. The lowest BCUT2D eigenvalue weighted by Gasteiger charge is -2.53. The summed E-state index contributed by atoms with van der Waals surface area (Å²) in [5.41, 5.74) is 0.561. The zero-order chi connectivity index (χ0) is 7.73. The molecule has 0 aromatic carbocycles. The van der Waals surface area contributed by atoms with Crippen molar-refractivity contribution in [3.05, 3.63) is 0 Å². The molecule has 11 heavy (non-hydrogen) atoms. The molecule has 64 valence electrons. The van der Waals surface area contributed by atoms with Gasteiger partial charge in [-0.2, -0.15) is 0 Å². The van der Waals surface area contributed by atoms with Gasteiger partial charge in [0.25, 0.3) is 0 Å². The van der Waals surface area contributed by atoms with E-state index in [1.54, 1.807) is 0 Å². The molecule has 2 N–H and O–H groups in total. The first-order valence-corrected chi connectivity index (χ1v) is 4.74. The van der Waals surface area contributed by atoms with E-state index < -0.39 is 0 Å². The van der Waals surface area contributed by atoms with Gasteiger partial charge >= 0.3 is 0 Å². The average molecular weight is 154 g/mol. The second-order valence-electron chi connectivity index (χ2n) is 4.12. The highest BCUT2D eigenvalue weighted by molar-refractivity contribution is 5.04. The molecule has 3 rings (SSSR count). The zero-order valence-corrected chi connectivity index (χ0v) is 7.32. The predicted molar refractivity (Wildman–Crippen MR) is 46.6 cm³/mol. The Morgan fingerprint density at radius 2 is 2.36 bits per heavy atom. The third-order valence-electron chi connectivity index (χ3n) is 3.26. The third kappa shape index (κ3) is 1.30. The van der Waals surface area contributed by atoms with Gasteiger partial charge in [0.05, 0.1) is 0 Å².